The number of rotatable bonds is 10. The van der Waals surface area contributed by atoms with Crippen molar-refractivity contribution < 1.29 is 61.7 Å². The van der Waals surface area contributed by atoms with E-state index in [1.54, 1.807) is 73.2 Å². The number of ketones is 2. The number of nitrogens with zero attached hydrogens (tertiary/aromatic N) is 5. The molecule has 61 heavy (non-hydrogen) atoms. The van der Waals surface area contributed by atoms with Gasteiger partial charge < -0.3 is 48.8 Å². The number of amidine groups is 1. The number of fused-ring (bicyclic) bond motifs is 1. The minimum atomic E-state index is -3.25. The van der Waals surface area contributed by atoms with Crippen molar-refractivity contribution in [1.29, 1.82) is 0 Å². The van der Waals surface area contributed by atoms with Crippen molar-refractivity contribution in [1.82, 2.24) is 20.0 Å². The van der Waals surface area contributed by atoms with Gasteiger partial charge in [-0.2, -0.15) is 0 Å². The number of likely N-dealkylation sites (N-methyl/N-ethyl adjacent to an activating group) is 1. The second-order valence-electron chi connectivity index (χ2n) is 17.5. The molecule has 3 N–H and O–H groups in total. The third kappa shape index (κ3) is 9.35. The van der Waals surface area contributed by atoms with Crippen LogP contribution in [-0.2, 0) is 47.7 Å². The van der Waals surface area contributed by atoms with Crippen LogP contribution in [0.4, 0.5) is 4.39 Å². The van der Waals surface area contributed by atoms with Crippen molar-refractivity contribution in [2.24, 2.45) is 40.5 Å². The number of carbonyl (C=O) groups excluding carboxylic acids is 4. The maximum atomic E-state index is 16.9. The normalized spacial score (nSPS) is 38.7. The highest BCUT2D eigenvalue weighted by molar-refractivity contribution is 6.08. The van der Waals surface area contributed by atoms with Crippen LogP contribution in [0, 0.1) is 29.6 Å². The standard InChI is InChI=1S/C42H61FN6O12/c1-13-28-42(9)30(29(37(53)59-42)35(44)48-60-24(6)25-18-27(61-47-25)36-45-15-14-16-46-36)22(4)31(50)20(2)19-40(7,55-12)34(23(5)33(52)41(8,43)39(54)57-28)58-38-32(51)26(49(10)11)17-21(3)56-38/h14-16,18,20-24,26,28-30,32,34,38,51H,13,17,19H2,1-12H3,(H2,44,48)/t20-,21-,22-,23+,24+,26+,28+,29-,30+,32-,34-,38?,40-,41+,42-/m1/s1. The largest absolute Gasteiger partial charge is 0.455 e. The van der Waals surface area contributed by atoms with Crippen LogP contribution in [0.25, 0.3) is 11.6 Å². The summed E-state index contributed by atoms with van der Waals surface area (Å²) in [7, 11) is 4.96. The first kappa shape index (κ1) is 47.6. The lowest BCUT2D eigenvalue weighted by atomic mass is 9.67. The summed E-state index contributed by atoms with van der Waals surface area (Å²) >= 11 is 0. The Hall–Kier alpha value is -4.43. The number of hydrogen-bond donors (Lipinski definition) is 2. The number of cyclic esters (lactones) is 1. The number of Topliss-reactive ketones (excluding diaryl/α,β-unsaturated/α-hetero) is 2. The van der Waals surface area contributed by atoms with Gasteiger partial charge in [-0.3, -0.25) is 14.4 Å². The van der Waals surface area contributed by atoms with Crippen LogP contribution in [0.3, 0.4) is 0 Å². The summed E-state index contributed by atoms with van der Waals surface area (Å²) in [6.45, 7) is 13.6. The highest BCUT2D eigenvalue weighted by atomic mass is 19.1. The van der Waals surface area contributed by atoms with Crippen molar-refractivity contribution >= 4 is 29.3 Å². The van der Waals surface area contributed by atoms with E-state index in [-0.39, 0.29) is 36.3 Å². The first-order valence-electron chi connectivity index (χ1n) is 20.7. The first-order chi connectivity index (χ1) is 28.5. The van der Waals surface area contributed by atoms with Gasteiger partial charge in [0.15, 0.2) is 35.4 Å². The number of hydrogen-bond acceptors (Lipinski definition) is 17. The van der Waals surface area contributed by atoms with Crippen LogP contribution in [0.1, 0.15) is 93.4 Å². The fourth-order valence-electron chi connectivity index (χ4n) is 9.21. The van der Waals surface area contributed by atoms with Gasteiger partial charge in [0.2, 0.25) is 5.76 Å². The quantitative estimate of drug-likeness (QED) is 0.114. The minimum absolute atomic E-state index is 0.0190. The zero-order valence-corrected chi connectivity index (χ0v) is 37.0. The van der Waals surface area contributed by atoms with Gasteiger partial charge in [0.1, 0.15) is 29.6 Å². The summed E-state index contributed by atoms with van der Waals surface area (Å²) in [5, 5.41) is 19.5. The number of nitrogens with two attached hydrogens (primary N) is 1. The number of aromatic nitrogens is 3. The topological polar surface area (TPSA) is 237 Å². The van der Waals surface area contributed by atoms with Gasteiger partial charge in [-0.05, 0) is 74.0 Å². The maximum Gasteiger partial charge on any atom is 0.351 e. The van der Waals surface area contributed by atoms with E-state index >= 15 is 4.39 Å². The lowest BCUT2D eigenvalue weighted by Gasteiger charge is -2.47. The average Bonchev–Trinajstić information content (AvgIpc) is 3.83. The molecule has 0 spiro atoms. The van der Waals surface area contributed by atoms with E-state index in [2.05, 4.69) is 20.3 Å². The monoisotopic (exact) mass is 860 g/mol. The number of aliphatic hydroxyl groups is 1. The minimum Gasteiger partial charge on any atom is -0.455 e. The highest BCUT2D eigenvalue weighted by Gasteiger charge is 2.63. The number of methoxy groups -OCH3 is 1. The molecule has 18 nitrogen and oxygen atoms in total. The van der Waals surface area contributed by atoms with E-state index in [0.717, 1.165) is 6.92 Å². The van der Waals surface area contributed by atoms with Gasteiger partial charge in [0.25, 0.3) is 5.67 Å². The van der Waals surface area contributed by atoms with Crippen molar-refractivity contribution in [2.75, 3.05) is 21.2 Å². The molecule has 3 saturated heterocycles. The van der Waals surface area contributed by atoms with E-state index in [1.165, 1.54) is 21.0 Å². The molecular formula is C42H61FN6O12. The van der Waals surface area contributed by atoms with E-state index in [9.17, 15) is 24.3 Å². The van der Waals surface area contributed by atoms with Crippen LogP contribution in [0.5, 0.6) is 0 Å². The molecule has 5 heterocycles. The summed E-state index contributed by atoms with van der Waals surface area (Å²) in [5.41, 5.74) is 0.293. The molecule has 1 unspecified atom stereocenters. The third-order valence-corrected chi connectivity index (χ3v) is 12.7. The number of aliphatic hydroxyl groups excluding tert-OH is 1. The van der Waals surface area contributed by atoms with E-state index in [0.29, 0.717) is 17.9 Å². The van der Waals surface area contributed by atoms with Crippen LogP contribution in [0.15, 0.2) is 34.2 Å². The number of halogens is 1. The predicted molar refractivity (Wildman–Crippen MR) is 215 cm³/mol. The van der Waals surface area contributed by atoms with Gasteiger partial charge in [-0.25, -0.2) is 19.2 Å². The molecule has 0 aliphatic carbocycles. The summed E-state index contributed by atoms with van der Waals surface area (Å²) in [5.74, 6) is -9.63. The third-order valence-electron chi connectivity index (χ3n) is 12.7. The fraction of sp³-hybridized carbons (Fsp3) is 0.714. The SMILES string of the molecule is CC[C@@H]1OC(=O)[C@@](C)(F)C(=O)[C@H](C)[C@@H](OC2O[C@H](C)C[C@H](N(C)C)[C@H]2O)[C@](C)(OC)C[C@@H](C)C(=O)[C@H](C)[C@H]2[C@H](/C(N)=N/O[C@@H](C)c3cc(-c4ncccn4)on3)C(=O)O[C@@]21C. The molecule has 0 radical (unpaired) electrons. The van der Waals surface area contributed by atoms with Crippen LogP contribution >= 0.6 is 0 Å². The summed E-state index contributed by atoms with van der Waals surface area (Å²) in [4.78, 5) is 72.8. The van der Waals surface area contributed by atoms with Crippen LogP contribution in [0.2, 0.25) is 0 Å². The molecule has 5 rings (SSSR count). The lowest BCUT2D eigenvalue weighted by Crippen LogP contribution is -2.61. The van der Waals surface area contributed by atoms with Gasteiger partial charge in [0.05, 0.1) is 17.8 Å². The number of alkyl halides is 1. The van der Waals surface area contributed by atoms with E-state index < -0.39 is 101 Å². The maximum absolute atomic E-state index is 16.9. The van der Waals surface area contributed by atoms with Crippen molar-refractivity contribution in [3.63, 3.8) is 0 Å². The number of carbonyl (C=O) groups is 4. The molecule has 15 atom stereocenters. The first-order valence-corrected chi connectivity index (χ1v) is 20.7. The van der Waals surface area contributed by atoms with Gasteiger partial charge in [0, 0.05) is 55.3 Å². The zero-order valence-electron chi connectivity index (χ0n) is 37.0. The van der Waals surface area contributed by atoms with Gasteiger partial charge in [-0.15, -0.1) is 0 Å². The Morgan fingerprint density at radius 1 is 1.10 bits per heavy atom. The van der Waals surface area contributed by atoms with E-state index in [1.807, 2.05) is 11.8 Å². The molecule has 3 fully saturated rings. The van der Waals surface area contributed by atoms with Gasteiger partial charge in [-0.1, -0.05) is 38.0 Å². The molecule has 2 aromatic heterocycles. The molecule has 19 heteroatoms. The highest BCUT2D eigenvalue weighted by Crippen LogP contribution is 2.48. The molecule has 0 aromatic carbocycles. The molecule has 0 saturated carbocycles. The molecule has 0 amide bonds. The Bertz CT molecular complexity index is 1930. The van der Waals surface area contributed by atoms with E-state index in [4.69, 9.17) is 38.8 Å². The second-order valence-corrected chi connectivity index (χ2v) is 17.5. The Morgan fingerprint density at radius 2 is 1.75 bits per heavy atom. The van der Waals surface area contributed by atoms with Crippen molar-refractivity contribution in [3.8, 4) is 11.6 Å². The fourth-order valence-corrected chi connectivity index (χ4v) is 9.21. The van der Waals surface area contributed by atoms with Gasteiger partial charge >= 0.3 is 11.9 Å². The number of oxime groups is 1. The number of esters is 2. The Labute approximate surface area is 355 Å². The summed E-state index contributed by atoms with van der Waals surface area (Å²) in [6.07, 6.45) is -2.98. The molecule has 0 bridgehead atoms. The molecular weight excluding hydrogens is 799 g/mol. The Kier molecular flexibility index (Phi) is 14.4. The second kappa shape index (κ2) is 18.5. The van der Waals surface area contributed by atoms with Crippen LogP contribution in [-0.4, -0.2) is 129 Å². The smallest absolute Gasteiger partial charge is 0.351 e. The summed E-state index contributed by atoms with van der Waals surface area (Å²) in [6, 6.07) is 2.82. The Balaban J connectivity index is 1.53. The molecule has 338 valence electrons. The van der Waals surface area contributed by atoms with Crippen molar-refractivity contribution in [2.45, 2.75) is 141 Å². The Morgan fingerprint density at radius 3 is 2.36 bits per heavy atom. The van der Waals surface area contributed by atoms with Crippen molar-refractivity contribution in [3.05, 3.63) is 30.2 Å². The molecule has 2 aromatic rings. The number of ether oxygens (including phenoxy) is 5. The summed E-state index contributed by atoms with van der Waals surface area (Å²) < 4.78 is 52.7. The molecule has 3 aliphatic heterocycles. The zero-order chi connectivity index (χ0) is 45.4. The van der Waals surface area contributed by atoms with Crippen LogP contribution < -0.4 is 5.73 Å². The predicted octanol–water partition coefficient (Wildman–Crippen LogP) is 3.75. The molecule has 3 aliphatic rings. The average molecular weight is 861 g/mol. The lowest BCUT2D eigenvalue weighted by molar-refractivity contribution is -0.295.